The van der Waals surface area contributed by atoms with Crippen LogP contribution in [0.15, 0.2) is 6.07 Å². The van der Waals surface area contributed by atoms with Gasteiger partial charge < -0.3 is 19.7 Å². The topological polar surface area (TPSA) is 65.6 Å². The predicted molar refractivity (Wildman–Crippen MR) is 104 cm³/mol. The molecule has 1 aromatic heterocycles. The maximum atomic E-state index is 12.1. The summed E-state index contributed by atoms with van der Waals surface area (Å²) in [5.41, 5.74) is 1.36. The molecule has 1 aliphatic heterocycles. The largest absolute Gasteiger partial charge is 0.510 e. The molecule has 0 aliphatic carbocycles. The van der Waals surface area contributed by atoms with E-state index in [1.165, 1.54) is 0 Å². The van der Waals surface area contributed by atoms with E-state index in [4.69, 9.17) is 17.0 Å². The second-order valence-electron chi connectivity index (χ2n) is 6.49. The minimum absolute atomic E-state index is 0.223. The summed E-state index contributed by atoms with van der Waals surface area (Å²) in [6.45, 7) is 10.2. The van der Waals surface area contributed by atoms with Crippen LogP contribution in [0.3, 0.4) is 0 Å². The molecule has 2 N–H and O–H groups in total. The van der Waals surface area contributed by atoms with E-state index in [0.29, 0.717) is 30.0 Å². The second-order valence-corrected chi connectivity index (χ2v) is 6.87. The van der Waals surface area contributed by atoms with Crippen LogP contribution in [0, 0.1) is 5.92 Å². The lowest BCUT2D eigenvalue weighted by molar-refractivity contribution is 0.0520. The van der Waals surface area contributed by atoms with Crippen molar-refractivity contribution in [2.45, 2.75) is 47.0 Å². The zero-order valence-electron chi connectivity index (χ0n) is 15.5. The third-order valence-corrected chi connectivity index (χ3v) is 5.17. The Hall–Kier alpha value is -1.82. The summed E-state index contributed by atoms with van der Waals surface area (Å²) >= 11 is 5.69. The Labute approximate surface area is 154 Å². The molecule has 25 heavy (non-hydrogen) atoms. The van der Waals surface area contributed by atoms with Crippen LogP contribution in [0.4, 0.5) is 0 Å². The van der Waals surface area contributed by atoms with E-state index in [-0.39, 0.29) is 5.76 Å². The summed E-state index contributed by atoms with van der Waals surface area (Å²) in [7, 11) is 0. The maximum absolute atomic E-state index is 12.1. The van der Waals surface area contributed by atoms with Crippen molar-refractivity contribution in [2.24, 2.45) is 5.92 Å². The first-order valence-electron chi connectivity index (χ1n) is 9.03. The van der Waals surface area contributed by atoms with Gasteiger partial charge in [0.1, 0.15) is 16.4 Å². The highest BCUT2D eigenvalue weighted by Gasteiger charge is 2.25. The number of aliphatic hydroxyl groups excluding tert-OH is 1. The fraction of sp³-hybridized carbons (Fsp3) is 0.579. The fourth-order valence-corrected chi connectivity index (χ4v) is 3.37. The van der Waals surface area contributed by atoms with E-state index in [9.17, 15) is 9.90 Å². The zero-order chi connectivity index (χ0) is 18.6. The number of aromatic amines is 1. The van der Waals surface area contributed by atoms with E-state index >= 15 is 0 Å². The Morgan fingerprint density at radius 1 is 1.44 bits per heavy atom. The zero-order valence-corrected chi connectivity index (χ0v) is 16.3. The first-order valence-corrected chi connectivity index (χ1v) is 9.44. The maximum Gasteiger partial charge on any atom is 0.354 e. The number of hydrogen-bond acceptors (Lipinski definition) is 4. The minimum Gasteiger partial charge on any atom is -0.510 e. The Bertz CT molecular complexity index is 766. The Morgan fingerprint density at radius 2 is 2.16 bits per heavy atom. The van der Waals surface area contributed by atoms with Crippen molar-refractivity contribution in [3.05, 3.63) is 22.3 Å². The van der Waals surface area contributed by atoms with Crippen LogP contribution in [-0.2, 0) is 4.74 Å². The van der Waals surface area contributed by atoms with Gasteiger partial charge in [0.15, 0.2) is 0 Å². The molecule has 1 aromatic rings. The van der Waals surface area contributed by atoms with Gasteiger partial charge in [0.05, 0.1) is 12.0 Å². The van der Waals surface area contributed by atoms with E-state index in [1.54, 1.807) is 13.0 Å². The molecule has 0 aromatic carbocycles. The number of rotatable bonds is 6. The molecule has 0 spiro atoms. The lowest BCUT2D eigenvalue weighted by Gasteiger charge is -2.21. The molecule has 138 valence electrons. The Balaban J connectivity index is 2.52. The molecular weight excluding hydrogens is 336 g/mol. The van der Waals surface area contributed by atoms with Gasteiger partial charge in [-0.25, -0.2) is 4.79 Å². The standard InChI is InChI=1S/C19H28N2O3S/c1-5-12(4)11-21-9-8-13(18(21)25)14-10-15(19(23)24-7-3)20-17(14)16(22)6-2/h10,12,20,22H,5-9,11H2,1-4H3/b14-13+,17-16-. The molecule has 0 bridgehead atoms. The number of carbonyl (C=O) groups is 1. The number of ether oxygens (including phenoxy) is 1. The van der Waals surface area contributed by atoms with E-state index < -0.39 is 5.97 Å². The van der Waals surface area contributed by atoms with Crippen molar-refractivity contribution in [2.75, 3.05) is 19.7 Å². The Morgan fingerprint density at radius 3 is 2.76 bits per heavy atom. The molecule has 0 amide bonds. The first-order chi connectivity index (χ1) is 11.9. The van der Waals surface area contributed by atoms with Crippen molar-refractivity contribution in [3.8, 4) is 0 Å². The van der Waals surface area contributed by atoms with E-state index in [2.05, 4.69) is 23.7 Å². The van der Waals surface area contributed by atoms with E-state index in [1.807, 2.05) is 6.92 Å². The van der Waals surface area contributed by atoms with Gasteiger partial charge in [-0.3, -0.25) is 0 Å². The monoisotopic (exact) mass is 364 g/mol. The number of carbonyl (C=O) groups excluding carboxylic acids is 1. The van der Waals surface area contributed by atoms with Gasteiger partial charge in [-0.2, -0.15) is 0 Å². The van der Waals surface area contributed by atoms with Crippen LogP contribution >= 0.6 is 12.2 Å². The highest BCUT2D eigenvalue weighted by molar-refractivity contribution is 7.81. The number of H-pyrrole nitrogens is 1. The fourth-order valence-electron chi connectivity index (χ4n) is 2.99. The quantitative estimate of drug-likeness (QED) is 0.600. The van der Waals surface area contributed by atoms with Crippen LogP contribution in [-0.4, -0.2) is 45.6 Å². The summed E-state index contributed by atoms with van der Waals surface area (Å²) in [5.74, 6) is 0.384. The highest BCUT2D eigenvalue weighted by atomic mass is 32.1. The lowest BCUT2D eigenvalue weighted by atomic mass is 10.1. The first kappa shape index (κ1) is 19.5. The molecular formula is C19H28N2O3S. The third-order valence-electron chi connectivity index (χ3n) is 4.67. The number of nitrogens with one attached hydrogen (secondary N) is 1. The van der Waals surface area contributed by atoms with Crippen molar-refractivity contribution in [1.29, 1.82) is 0 Å². The van der Waals surface area contributed by atoms with Gasteiger partial charge in [0.25, 0.3) is 0 Å². The predicted octanol–water partition coefficient (Wildman–Crippen LogP) is 2.50. The second kappa shape index (κ2) is 8.52. The van der Waals surface area contributed by atoms with Gasteiger partial charge in [0.2, 0.25) is 0 Å². The molecule has 1 aliphatic rings. The molecule has 5 nitrogen and oxygen atoms in total. The summed E-state index contributed by atoms with van der Waals surface area (Å²) in [6, 6.07) is 1.76. The van der Waals surface area contributed by atoms with Gasteiger partial charge >= 0.3 is 5.97 Å². The summed E-state index contributed by atoms with van der Waals surface area (Å²) in [6.07, 6.45) is 2.41. The number of hydrogen-bond donors (Lipinski definition) is 2. The Kier molecular flexibility index (Phi) is 6.64. The number of likely N-dealkylation sites (tertiary alicyclic amines) is 1. The van der Waals surface area contributed by atoms with Crippen LogP contribution < -0.4 is 10.6 Å². The average Bonchev–Trinajstić information content (AvgIpc) is 3.19. The van der Waals surface area contributed by atoms with Gasteiger partial charge in [-0.05, 0) is 30.9 Å². The number of aromatic nitrogens is 1. The molecule has 6 heteroatoms. The van der Waals surface area contributed by atoms with Crippen molar-refractivity contribution in [3.63, 3.8) is 0 Å². The number of thiocarbonyl (C=S) groups is 1. The smallest absolute Gasteiger partial charge is 0.354 e. The molecule has 0 radical (unpaired) electrons. The van der Waals surface area contributed by atoms with Gasteiger partial charge in [-0.1, -0.05) is 39.4 Å². The number of aliphatic hydroxyl groups is 1. The molecule has 2 rings (SSSR count). The summed E-state index contributed by atoms with van der Waals surface area (Å²) < 4.78 is 5.07. The third kappa shape index (κ3) is 4.24. The van der Waals surface area contributed by atoms with Crippen LogP contribution in [0.2, 0.25) is 0 Å². The lowest BCUT2D eigenvalue weighted by Crippen LogP contribution is -2.32. The SMILES string of the molecule is CCOC(=O)c1cc(=C2/CCN(CC(C)CC)C2=S)/c(=C(/O)CC)[nH]1. The van der Waals surface area contributed by atoms with Gasteiger partial charge in [0, 0.05) is 24.7 Å². The summed E-state index contributed by atoms with van der Waals surface area (Å²) in [5, 5.41) is 11.7. The van der Waals surface area contributed by atoms with Gasteiger partial charge in [-0.15, -0.1) is 0 Å². The average molecular weight is 365 g/mol. The molecule has 0 saturated carbocycles. The van der Waals surface area contributed by atoms with E-state index in [0.717, 1.165) is 41.7 Å². The molecule has 1 saturated heterocycles. The van der Waals surface area contributed by atoms with Crippen LogP contribution in [0.5, 0.6) is 0 Å². The van der Waals surface area contributed by atoms with Crippen LogP contribution in [0.1, 0.15) is 57.4 Å². The van der Waals surface area contributed by atoms with Crippen LogP contribution in [0.25, 0.3) is 11.3 Å². The summed E-state index contributed by atoms with van der Waals surface area (Å²) in [4.78, 5) is 18.1. The number of esters is 1. The van der Waals surface area contributed by atoms with Crippen molar-refractivity contribution in [1.82, 2.24) is 9.88 Å². The normalized spacial score (nSPS) is 19.2. The number of nitrogens with zero attached hydrogens (tertiary/aromatic N) is 1. The molecule has 1 fully saturated rings. The van der Waals surface area contributed by atoms with Crippen molar-refractivity contribution < 1.29 is 14.6 Å². The minimum atomic E-state index is -0.417. The molecule has 1 unspecified atom stereocenters. The van der Waals surface area contributed by atoms with Crippen molar-refractivity contribution >= 4 is 34.5 Å². The molecule has 1 atom stereocenters. The molecule has 2 heterocycles. The highest BCUT2D eigenvalue weighted by Crippen LogP contribution is 2.20.